The highest BCUT2D eigenvalue weighted by Crippen LogP contribution is 2.05. The minimum atomic E-state index is -0.269. The maximum Gasteiger partial charge on any atom is 0.160 e. The zero-order valence-electron chi connectivity index (χ0n) is 5.39. The van der Waals surface area contributed by atoms with Crippen LogP contribution in [0.3, 0.4) is 0 Å². The molecule has 0 bridgehead atoms. The van der Waals surface area contributed by atoms with Gasteiger partial charge in [0.05, 0.1) is 14.2 Å². The van der Waals surface area contributed by atoms with Crippen LogP contribution in [0, 0.1) is 20.1 Å². The topological polar surface area (TPSA) is 18.5 Å². The molecule has 0 fully saturated rings. The van der Waals surface area contributed by atoms with Crippen molar-refractivity contribution in [1.82, 2.24) is 0 Å². The number of hydrogen-bond acceptors (Lipinski definition) is 2. The minimum Gasteiger partial charge on any atom is -0.350 e. The summed E-state index contributed by atoms with van der Waals surface area (Å²) < 4.78 is 9.25. The molecule has 0 aliphatic carbocycles. The van der Waals surface area contributed by atoms with E-state index in [-0.39, 0.29) is 6.29 Å². The summed E-state index contributed by atoms with van der Waals surface area (Å²) >= 11 is 0. The van der Waals surface area contributed by atoms with Gasteiger partial charge in [-0.1, -0.05) is 13.8 Å². The molecule has 48 valence electrons. The normalized spacial score (nSPS) is 11.2. The summed E-state index contributed by atoms with van der Waals surface area (Å²) in [5, 5.41) is 0. The fourth-order valence-corrected chi connectivity index (χ4v) is 0.433. The first kappa shape index (κ1) is 7.92. The Labute approximate surface area is 50.8 Å². The van der Waals surface area contributed by atoms with Crippen LogP contribution in [0.2, 0.25) is 0 Å². The van der Waals surface area contributed by atoms with E-state index in [1.165, 1.54) is 0 Å². The quantitative estimate of drug-likeness (QED) is 0.521. The lowest BCUT2D eigenvalue weighted by molar-refractivity contribution is -0.0975. The Morgan fingerprint density at radius 3 is 1.50 bits per heavy atom. The molecule has 0 amide bonds. The molecule has 0 N–H and O–H groups in total. The van der Waals surface area contributed by atoms with Crippen LogP contribution in [0.4, 0.5) is 0 Å². The Morgan fingerprint density at radius 1 is 1.12 bits per heavy atom. The molecule has 2 nitrogen and oxygen atoms in total. The van der Waals surface area contributed by atoms with Crippen molar-refractivity contribution in [2.75, 3.05) is 0 Å². The Morgan fingerprint density at radius 2 is 1.50 bits per heavy atom. The molecule has 0 heterocycles. The first-order chi connectivity index (χ1) is 3.72. The van der Waals surface area contributed by atoms with Crippen LogP contribution < -0.4 is 0 Å². The molecule has 0 aromatic carbocycles. The van der Waals surface area contributed by atoms with Crippen molar-refractivity contribution in [3.8, 4) is 0 Å². The van der Waals surface area contributed by atoms with E-state index in [1.54, 1.807) is 0 Å². The average Bonchev–Trinajstić information content (AvgIpc) is 1.69. The fourth-order valence-electron chi connectivity index (χ4n) is 0.433. The smallest absolute Gasteiger partial charge is 0.160 e. The lowest BCUT2D eigenvalue weighted by atomic mass is 10.2. The van der Waals surface area contributed by atoms with Crippen LogP contribution in [0.15, 0.2) is 0 Å². The van der Waals surface area contributed by atoms with Gasteiger partial charge in [-0.2, -0.15) is 0 Å². The maximum atomic E-state index is 4.63. The molecule has 0 saturated carbocycles. The van der Waals surface area contributed by atoms with Gasteiger partial charge in [-0.25, -0.2) is 0 Å². The van der Waals surface area contributed by atoms with Gasteiger partial charge in [0.1, 0.15) is 0 Å². The van der Waals surface area contributed by atoms with Gasteiger partial charge in [-0.05, 0) is 0 Å². The number of rotatable bonds is 3. The Kier molecular flexibility index (Phi) is 3.83. The van der Waals surface area contributed by atoms with E-state index < -0.39 is 0 Å². The lowest BCUT2D eigenvalue weighted by Gasteiger charge is -2.15. The largest absolute Gasteiger partial charge is 0.350 e. The summed E-state index contributed by atoms with van der Waals surface area (Å²) in [6.45, 7) is 3.95. The van der Waals surface area contributed by atoms with Crippen LogP contribution >= 0.6 is 0 Å². The second kappa shape index (κ2) is 3.87. The van der Waals surface area contributed by atoms with Crippen molar-refractivity contribution in [1.29, 1.82) is 0 Å². The first-order valence-electron chi connectivity index (χ1n) is 2.54. The van der Waals surface area contributed by atoms with Crippen molar-refractivity contribution in [3.63, 3.8) is 0 Å². The summed E-state index contributed by atoms with van der Waals surface area (Å²) in [6, 6.07) is 0. The number of ether oxygens (including phenoxy) is 2. The van der Waals surface area contributed by atoms with Crippen molar-refractivity contribution in [3.05, 3.63) is 14.2 Å². The van der Waals surface area contributed by atoms with E-state index in [2.05, 4.69) is 23.7 Å². The highest BCUT2D eigenvalue weighted by Gasteiger charge is 2.08. The minimum absolute atomic E-state index is 0.269. The van der Waals surface area contributed by atoms with E-state index in [0.29, 0.717) is 5.92 Å². The first-order valence-corrected chi connectivity index (χ1v) is 2.54. The highest BCUT2D eigenvalue weighted by atomic mass is 16.7. The third-order valence-electron chi connectivity index (χ3n) is 0.873. The molecule has 0 spiro atoms. The molecule has 2 radical (unpaired) electrons. The molecule has 0 atom stereocenters. The summed E-state index contributed by atoms with van der Waals surface area (Å²) in [4.78, 5) is 0. The SMILES string of the molecule is [CH2]OC(O[CH2])C(C)C. The molecule has 0 aromatic heterocycles. The Bertz CT molecular complexity index is 48.5. The van der Waals surface area contributed by atoms with Gasteiger partial charge in [0.2, 0.25) is 0 Å². The van der Waals surface area contributed by atoms with Crippen molar-refractivity contribution in [2.45, 2.75) is 20.1 Å². The van der Waals surface area contributed by atoms with Crippen LogP contribution in [0.25, 0.3) is 0 Å². The van der Waals surface area contributed by atoms with Gasteiger partial charge >= 0.3 is 0 Å². The molecule has 8 heavy (non-hydrogen) atoms. The van der Waals surface area contributed by atoms with Crippen LogP contribution in [0.1, 0.15) is 13.8 Å². The molecule has 0 aromatic rings. The molecule has 0 aliphatic rings. The van der Waals surface area contributed by atoms with E-state index in [1.807, 2.05) is 13.8 Å². The lowest BCUT2D eigenvalue weighted by Crippen LogP contribution is -2.17. The van der Waals surface area contributed by atoms with Gasteiger partial charge in [-0.3, -0.25) is 0 Å². The molecule has 0 rings (SSSR count). The molecule has 0 saturated heterocycles. The third-order valence-corrected chi connectivity index (χ3v) is 0.873. The summed E-state index contributed by atoms with van der Waals surface area (Å²) in [5.41, 5.74) is 0. The monoisotopic (exact) mass is 116 g/mol. The van der Waals surface area contributed by atoms with Gasteiger partial charge < -0.3 is 9.47 Å². The van der Waals surface area contributed by atoms with Crippen molar-refractivity contribution < 1.29 is 9.47 Å². The standard InChI is InChI=1S/C6H12O2/c1-5(2)6(7-3)8-4/h5-6H,3-4H2,1-2H3. The average molecular weight is 116 g/mol. The summed E-state index contributed by atoms with van der Waals surface area (Å²) in [7, 11) is 6.43. The third kappa shape index (κ3) is 2.28. The summed E-state index contributed by atoms with van der Waals surface area (Å²) in [5.74, 6) is 0.310. The van der Waals surface area contributed by atoms with Gasteiger partial charge in [0.15, 0.2) is 6.29 Å². The fraction of sp³-hybridized carbons (Fsp3) is 0.667. The van der Waals surface area contributed by atoms with E-state index >= 15 is 0 Å². The van der Waals surface area contributed by atoms with E-state index in [0.717, 1.165) is 0 Å². The maximum absolute atomic E-state index is 4.63. The van der Waals surface area contributed by atoms with Gasteiger partial charge in [-0.15, -0.1) is 0 Å². The predicted molar refractivity (Wildman–Crippen MR) is 31.5 cm³/mol. The van der Waals surface area contributed by atoms with Gasteiger partial charge in [0.25, 0.3) is 0 Å². The Hall–Kier alpha value is -0.0800. The predicted octanol–water partition coefficient (Wildman–Crippen LogP) is 1.58. The van der Waals surface area contributed by atoms with Crippen LogP contribution in [0.5, 0.6) is 0 Å². The molecule has 0 aliphatic heterocycles. The molecular weight excluding hydrogens is 104 g/mol. The summed E-state index contributed by atoms with van der Waals surface area (Å²) in [6.07, 6.45) is -0.269. The van der Waals surface area contributed by atoms with Gasteiger partial charge in [0, 0.05) is 5.92 Å². The number of hydrogen-bond donors (Lipinski definition) is 0. The zero-order valence-corrected chi connectivity index (χ0v) is 5.39. The molecular formula is C6H12O2. The van der Waals surface area contributed by atoms with Crippen molar-refractivity contribution >= 4 is 0 Å². The second-order valence-electron chi connectivity index (χ2n) is 1.95. The Balaban J connectivity index is 3.35. The zero-order chi connectivity index (χ0) is 6.57. The molecule has 0 unspecified atom stereocenters. The van der Waals surface area contributed by atoms with E-state index in [9.17, 15) is 0 Å². The van der Waals surface area contributed by atoms with Crippen LogP contribution in [-0.2, 0) is 9.47 Å². The molecule has 2 heteroatoms. The van der Waals surface area contributed by atoms with Crippen LogP contribution in [-0.4, -0.2) is 6.29 Å². The second-order valence-corrected chi connectivity index (χ2v) is 1.95. The van der Waals surface area contributed by atoms with E-state index in [4.69, 9.17) is 0 Å². The van der Waals surface area contributed by atoms with Crippen molar-refractivity contribution in [2.24, 2.45) is 5.92 Å². The highest BCUT2D eigenvalue weighted by molar-refractivity contribution is 4.48.